The fourth-order valence-corrected chi connectivity index (χ4v) is 6.55. The third kappa shape index (κ3) is 6.28. The van der Waals surface area contributed by atoms with Crippen LogP contribution in [0, 0.1) is 5.92 Å². The summed E-state index contributed by atoms with van der Waals surface area (Å²) in [5, 5.41) is 12.1. The van der Waals surface area contributed by atoms with E-state index in [9.17, 15) is 29.1 Å². The van der Waals surface area contributed by atoms with Crippen LogP contribution < -0.4 is 5.32 Å². The molecular weight excluding hydrogens is 440 g/mol. The first kappa shape index (κ1) is 24.6. The first-order chi connectivity index (χ1) is 15.7. The number of carbonyl (C=O) groups excluding carboxylic acids is 2. The van der Waals surface area contributed by atoms with Crippen molar-refractivity contribution in [3.05, 3.63) is 71.8 Å². The summed E-state index contributed by atoms with van der Waals surface area (Å²) in [5.41, 5.74) is 0.253. The smallest absolute Gasteiger partial charge is 0.356 e. The highest BCUT2D eigenvalue weighted by molar-refractivity contribution is 6.67. The minimum Gasteiger partial charge on any atom is -0.480 e. The zero-order valence-electron chi connectivity index (χ0n) is 18.6. The standard InChI is InChI=1S/C24H30N2O6Si/c1-17(23(28)26-14-8-13-20(26)24(29)30)16-33(31,32)21(15-18-9-4-2-5-10-18)25-22(27)19-11-6-3-7-12-19/h2-7,9-12,17,20-21,31-32H,8,13-16H2,1H3,(H,25,27)(H,29,30)/t17-,20-,21-/m0/s1. The number of hydrogen-bond acceptors (Lipinski definition) is 5. The topological polar surface area (TPSA) is 127 Å². The molecule has 0 bridgehead atoms. The van der Waals surface area contributed by atoms with E-state index in [4.69, 9.17) is 0 Å². The van der Waals surface area contributed by atoms with Crippen LogP contribution in [-0.4, -0.2) is 64.2 Å². The van der Waals surface area contributed by atoms with Gasteiger partial charge in [0.2, 0.25) is 5.91 Å². The van der Waals surface area contributed by atoms with Gasteiger partial charge in [0.15, 0.2) is 0 Å². The predicted octanol–water partition coefficient (Wildman–Crippen LogP) is 1.71. The third-order valence-corrected chi connectivity index (χ3v) is 8.71. The number of carbonyl (C=O) groups is 3. The van der Waals surface area contributed by atoms with Crippen molar-refractivity contribution < 1.29 is 29.1 Å². The highest BCUT2D eigenvalue weighted by atomic mass is 28.4. The molecule has 3 rings (SSSR count). The zero-order valence-corrected chi connectivity index (χ0v) is 19.6. The van der Waals surface area contributed by atoms with Gasteiger partial charge in [0, 0.05) is 24.1 Å². The Bertz CT molecular complexity index is 969. The molecule has 1 fully saturated rings. The molecule has 0 spiro atoms. The number of aliphatic carboxylic acids is 1. The van der Waals surface area contributed by atoms with Crippen molar-refractivity contribution in [2.45, 2.75) is 43.9 Å². The molecule has 0 aliphatic carbocycles. The average molecular weight is 471 g/mol. The Labute approximate surface area is 194 Å². The van der Waals surface area contributed by atoms with Crippen molar-refractivity contribution in [1.29, 1.82) is 0 Å². The first-order valence-electron chi connectivity index (χ1n) is 11.1. The fraction of sp³-hybridized carbons (Fsp3) is 0.375. The molecule has 9 heteroatoms. The third-order valence-electron chi connectivity index (χ3n) is 6.03. The number of amides is 2. The number of nitrogens with zero attached hydrogens (tertiary/aromatic N) is 1. The van der Waals surface area contributed by atoms with Crippen LogP contribution in [0.15, 0.2) is 60.7 Å². The van der Waals surface area contributed by atoms with Gasteiger partial charge in [-0.05, 0) is 37.0 Å². The lowest BCUT2D eigenvalue weighted by Gasteiger charge is -2.32. The van der Waals surface area contributed by atoms with Gasteiger partial charge in [0.05, 0.1) is 5.67 Å². The Balaban J connectivity index is 1.77. The van der Waals surface area contributed by atoms with Gasteiger partial charge in [-0.1, -0.05) is 55.5 Å². The van der Waals surface area contributed by atoms with Crippen molar-refractivity contribution in [3.63, 3.8) is 0 Å². The molecule has 4 N–H and O–H groups in total. The number of nitrogens with one attached hydrogen (secondary N) is 1. The van der Waals surface area contributed by atoms with Gasteiger partial charge in [-0.3, -0.25) is 9.59 Å². The molecule has 176 valence electrons. The van der Waals surface area contributed by atoms with Crippen LogP contribution in [0.4, 0.5) is 0 Å². The van der Waals surface area contributed by atoms with Gasteiger partial charge in [-0.25, -0.2) is 4.79 Å². The summed E-state index contributed by atoms with van der Waals surface area (Å²) < 4.78 is 0. The quantitative estimate of drug-likeness (QED) is 0.413. The van der Waals surface area contributed by atoms with Crippen LogP contribution in [0.2, 0.25) is 6.04 Å². The Morgan fingerprint density at radius 3 is 2.27 bits per heavy atom. The van der Waals surface area contributed by atoms with E-state index in [1.807, 2.05) is 30.3 Å². The molecule has 1 aliphatic rings. The summed E-state index contributed by atoms with van der Waals surface area (Å²) in [7, 11) is -4.16. The zero-order chi connectivity index (χ0) is 24.0. The average Bonchev–Trinajstić information content (AvgIpc) is 3.29. The Hall–Kier alpha value is -3.01. The molecule has 0 radical (unpaired) electrons. The van der Waals surface area contributed by atoms with E-state index in [0.29, 0.717) is 24.9 Å². The number of rotatable bonds is 9. The minimum atomic E-state index is -4.16. The second kappa shape index (κ2) is 10.7. The summed E-state index contributed by atoms with van der Waals surface area (Å²) in [4.78, 5) is 60.8. The molecule has 0 saturated carbocycles. The van der Waals surface area contributed by atoms with Crippen LogP contribution in [0.1, 0.15) is 35.7 Å². The van der Waals surface area contributed by atoms with Crippen molar-refractivity contribution in [2.75, 3.05) is 6.54 Å². The molecular formula is C24H30N2O6Si. The molecule has 1 aliphatic heterocycles. The van der Waals surface area contributed by atoms with Crippen molar-refractivity contribution >= 4 is 26.3 Å². The Morgan fingerprint density at radius 1 is 1.06 bits per heavy atom. The molecule has 8 nitrogen and oxygen atoms in total. The second-order valence-electron chi connectivity index (χ2n) is 8.59. The highest BCUT2D eigenvalue weighted by Crippen LogP contribution is 2.25. The first-order valence-corrected chi connectivity index (χ1v) is 13.2. The van der Waals surface area contributed by atoms with Gasteiger partial charge >= 0.3 is 14.5 Å². The lowest BCUT2D eigenvalue weighted by Crippen LogP contribution is -2.60. The molecule has 1 saturated heterocycles. The maximum absolute atomic E-state index is 12.9. The molecule has 2 amide bonds. The van der Waals surface area contributed by atoms with Crippen LogP contribution in [0.5, 0.6) is 0 Å². The van der Waals surface area contributed by atoms with E-state index in [1.165, 1.54) is 4.90 Å². The molecule has 0 aromatic heterocycles. The van der Waals surface area contributed by atoms with E-state index >= 15 is 0 Å². The lowest BCUT2D eigenvalue weighted by atomic mass is 10.1. The number of hydrogen-bond donors (Lipinski definition) is 4. The summed E-state index contributed by atoms with van der Waals surface area (Å²) in [6.07, 6.45) is 1.18. The van der Waals surface area contributed by atoms with E-state index in [0.717, 1.165) is 5.56 Å². The summed E-state index contributed by atoms with van der Waals surface area (Å²) in [5.74, 6) is -2.69. The van der Waals surface area contributed by atoms with Gasteiger partial charge < -0.3 is 24.9 Å². The van der Waals surface area contributed by atoms with Crippen LogP contribution in [0.3, 0.4) is 0 Å². The monoisotopic (exact) mass is 470 g/mol. The largest absolute Gasteiger partial charge is 0.480 e. The van der Waals surface area contributed by atoms with E-state index in [-0.39, 0.29) is 12.5 Å². The molecule has 33 heavy (non-hydrogen) atoms. The summed E-state index contributed by atoms with van der Waals surface area (Å²) >= 11 is 0. The second-order valence-corrected chi connectivity index (χ2v) is 11.5. The fourth-order valence-electron chi connectivity index (χ4n) is 4.26. The normalized spacial score (nSPS) is 17.9. The Kier molecular flexibility index (Phi) is 8.01. The van der Waals surface area contributed by atoms with E-state index < -0.39 is 44.0 Å². The molecule has 2 aromatic carbocycles. The number of carboxylic acid groups (broad SMARTS) is 1. The minimum absolute atomic E-state index is 0.195. The maximum Gasteiger partial charge on any atom is 0.356 e. The van der Waals surface area contributed by atoms with Gasteiger partial charge in [0.25, 0.3) is 5.91 Å². The Morgan fingerprint density at radius 2 is 1.67 bits per heavy atom. The number of carboxylic acids is 1. The van der Waals surface area contributed by atoms with Crippen molar-refractivity contribution in [2.24, 2.45) is 5.92 Å². The van der Waals surface area contributed by atoms with Crippen LogP contribution in [-0.2, 0) is 16.0 Å². The van der Waals surface area contributed by atoms with Crippen LogP contribution in [0.25, 0.3) is 0 Å². The van der Waals surface area contributed by atoms with Crippen molar-refractivity contribution in [1.82, 2.24) is 10.2 Å². The van der Waals surface area contributed by atoms with Crippen LogP contribution >= 0.6 is 0 Å². The summed E-state index contributed by atoms with van der Waals surface area (Å²) in [6, 6.07) is 16.6. The maximum atomic E-state index is 12.9. The van der Waals surface area contributed by atoms with Crippen molar-refractivity contribution in [3.8, 4) is 0 Å². The number of likely N-dealkylation sites (tertiary alicyclic amines) is 1. The van der Waals surface area contributed by atoms with Gasteiger partial charge in [0.1, 0.15) is 6.04 Å². The van der Waals surface area contributed by atoms with Gasteiger partial charge in [-0.2, -0.15) is 0 Å². The molecule has 0 unspecified atom stereocenters. The molecule has 1 heterocycles. The summed E-state index contributed by atoms with van der Waals surface area (Å²) in [6.45, 7) is 1.91. The van der Waals surface area contributed by atoms with E-state index in [2.05, 4.69) is 5.32 Å². The highest BCUT2D eigenvalue weighted by Gasteiger charge is 2.45. The lowest BCUT2D eigenvalue weighted by molar-refractivity contribution is -0.149. The van der Waals surface area contributed by atoms with Gasteiger partial charge in [-0.15, -0.1) is 0 Å². The molecule has 2 aromatic rings. The van der Waals surface area contributed by atoms with E-state index in [1.54, 1.807) is 37.3 Å². The SMILES string of the molecule is C[C@@H](C[Si](O)(O)[C@@H](Cc1ccccc1)NC(=O)c1ccccc1)C(=O)N1CCC[C@H]1C(=O)O. The predicted molar refractivity (Wildman–Crippen MR) is 124 cm³/mol. The molecule has 3 atom stereocenters. The number of benzene rings is 2.